The summed E-state index contributed by atoms with van der Waals surface area (Å²) in [6.45, 7) is 0. The van der Waals surface area contributed by atoms with Crippen LogP contribution in [0.25, 0.3) is 0 Å². The Kier molecular flexibility index (Phi) is 2.20. The fourth-order valence-corrected chi connectivity index (χ4v) is 1.20. The van der Waals surface area contributed by atoms with Crippen LogP contribution in [-0.2, 0) is 0 Å². The summed E-state index contributed by atoms with van der Waals surface area (Å²) >= 11 is 6.85. The van der Waals surface area contributed by atoms with Crippen molar-refractivity contribution in [1.29, 1.82) is 0 Å². The number of rotatable bonds is 0. The van der Waals surface area contributed by atoms with Crippen molar-refractivity contribution in [1.82, 2.24) is 0 Å². The molecule has 2 heteroatoms. The van der Waals surface area contributed by atoms with Crippen LogP contribution in [0.1, 0.15) is 0 Å². The molecule has 0 spiro atoms. The molecule has 0 amide bonds. The van der Waals surface area contributed by atoms with E-state index in [-0.39, 0.29) is 0 Å². The molecule has 2 radical (unpaired) electrons. The Morgan fingerprint density at radius 3 is 2.25 bits per heavy atom. The summed E-state index contributed by atoms with van der Waals surface area (Å²) in [5.74, 6) is 0. The standard InChI is InChI=1S/C6H4Cl.Sn.H/c7-6-4-2-1-3-5-6;;/h1-4H;;. The molecule has 0 aliphatic heterocycles. The van der Waals surface area contributed by atoms with Crippen LogP contribution in [0, 0.1) is 0 Å². The zero-order valence-corrected chi connectivity index (χ0v) is 8.32. The molecule has 0 saturated heterocycles. The molecule has 0 nitrogen and oxygen atoms in total. The summed E-state index contributed by atoms with van der Waals surface area (Å²) in [7, 11) is 0. The van der Waals surface area contributed by atoms with Gasteiger partial charge >= 0.3 is 67.0 Å². The van der Waals surface area contributed by atoms with E-state index in [4.69, 9.17) is 11.6 Å². The number of benzene rings is 1. The molecule has 0 aliphatic carbocycles. The maximum absolute atomic E-state index is 5.74. The van der Waals surface area contributed by atoms with Crippen LogP contribution in [0.4, 0.5) is 0 Å². The van der Waals surface area contributed by atoms with E-state index in [2.05, 4.69) is 0 Å². The number of hydrogen-bond donors (Lipinski definition) is 0. The topological polar surface area (TPSA) is 0 Å². The average molecular weight is 231 g/mol. The summed E-state index contributed by atoms with van der Waals surface area (Å²) in [5, 5.41) is 0.898. The molecule has 0 N–H and O–H groups in total. The zero-order chi connectivity index (χ0) is 5.98. The van der Waals surface area contributed by atoms with Crippen LogP contribution in [-0.4, -0.2) is 22.5 Å². The normalized spacial score (nSPS) is 9.25. The summed E-state index contributed by atoms with van der Waals surface area (Å²) in [4.78, 5) is 0. The summed E-state index contributed by atoms with van der Waals surface area (Å²) in [6.07, 6.45) is 0. The average Bonchev–Trinajstić information content (AvgIpc) is 1.77. The molecule has 0 aromatic heterocycles. The van der Waals surface area contributed by atoms with Gasteiger partial charge in [0.1, 0.15) is 0 Å². The van der Waals surface area contributed by atoms with Crippen LogP contribution in [0.5, 0.6) is 0 Å². The first-order valence-electron chi connectivity index (χ1n) is 2.31. The Morgan fingerprint density at radius 2 is 1.88 bits per heavy atom. The third-order valence-electron chi connectivity index (χ3n) is 0.905. The van der Waals surface area contributed by atoms with Crippen molar-refractivity contribution in [3.8, 4) is 0 Å². The molecule has 0 bridgehead atoms. The van der Waals surface area contributed by atoms with Gasteiger partial charge in [0.2, 0.25) is 0 Å². The molecule has 8 heavy (non-hydrogen) atoms. The molecular formula is C6H5ClSn. The van der Waals surface area contributed by atoms with Crippen LogP contribution < -0.4 is 3.58 Å². The van der Waals surface area contributed by atoms with Crippen molar-refractivity contribution in [3.05, 3.63) is 29.3 Å². The molecule has 1 rings (SSSR count). The predicted octanol–water partition coefficient (Wildman–Crippen LogP) is 0.866. The second kappa shape index (κ2) is 2.74. The van der Waals surface area contributed by atoms with Gasteiger partial charge in [-0.25, -0.2) is 0 Å². The molecule has 1 aromatic carbocycles. The van der Waals surface area contributed by atoms with Gasteiger partial charge in [-0.15, -0.1) is 0 Å². The quantitative estimate of drug-likeness (QED) is 0.581. The predicted molar refractivity (Wildman–Crippen MR) is 38.2 cm³/mol. The van der Waals surface area contributed by atoms with E-state index in [1.165, 1.54) is 3.58 Å². The molecule has 0 heterocycles. The SMILES string of the molecule is Clc1cccc[c]1[SnH]. The molecule has 0 saturated carbocycles. The molecule has 0 fully saturated rings. The summed E-state index contributed by atoms with van der Waals surface area (Å²) in [6, 6.07) is 7.92. The zero-order valence-electron chi connectivity index (χ0n) is 4.26. The Labute approximate surface area is 66.9 Å². The third-order valence-corrected chi connectivity index (χ3v) is 3.21. The van der Waals surface area contributed by atoms with E-state index in [1.54, 1.807) is 0 Å². The van der Waals surface area contributed by atoms with Crippen molar-refractivity contribution in [2.24, 2.45) is 0 Å². The number of hydrogen-bond acceptors (Lipinski definition) is 0. The van der Waals surface area contributed by atoms with Gasteiger partial charge in [-0.05, 0) is 0 Å². The third kappa shape index (κ3) is 1.39. The Bertz CT molecular complexity index is 165. The van der Waals surface area contributed by atoms with Gasteiger partial charge in [0.25, 0.3) is 0 Å². The molecular weight excluding hydrogens is 226 g/mol. The van der Waals surface area contributed by atoms with Gasteiger partial charge in [0.15, 0.2) is 0 Å². The molecule has 0 unspecified atom stereocenters. The minimum atomic E-state index is 0.898. The van der Waals surface area contributed by atoms with Crippen molar-refractivity contribution < 1.29 is 0 Å². The Hall–Kier alpha value is 0.309. The van der Waals surface area contributed by atoms with Crippen molar-refractivity contribution >= 4 is 37.7 Å². The van der Waals surface area contributed by atoms with E-state index in [9.17, 15) is 0 Å². The summed E-state index contributed by atoms with van der Waals surface area (Å²) in [5.41, 5.74) is 0. The van der Waals surface area contributed by atoms with Crippen molar-refractivity contribution in [2.75, 3.05) is 0 Å². The monoisotopic (exact) mass is 232 g/mol. The van der Waals surface area contributed by atoms with Gasteiger partial charge in [-0.2, -0.15) is 0 Å². The fraction of sp³-hybridized carbons (Fsp3) is 0. The van der Waals surface area contributed by atoms with E-state index >= 15 is 0 Å². The Balaban J connectivity index is 3.13. The van der Waals surface area contributed by atoms with Gasteiger partial charge in [0, 0.05) is 0 Å². The maximum atomic E-state index is 5.74. The van der Waals surface area contributed by atoms with Crippen LogP contribution in [0.3, 0.4) is 0 Å². The molecule has 0 aliphatic rings. The van der Waals surface area contributed by atoms with Gasteiger partial charge in [-0.1, -0.05) is 0 Å². The van der Waals surface area contributed by atoms with E-state index in [1.807, 2.05) is 24.3 Å². The van der Waals surface area contributed by atoms with Crippen LogP contribution in [0.15, 0.2) is 24.3 Å². The molecule has 0 atom stereocenters. The van der Waals surface area contributed by atoms with Gasteiger partial charge < -0.3 is 0 Å². The van der Waals surface area contributed by atoms with Gasteiger partial charge in [-0.3, -0.25) is 0 Å². The van der Waals surface area contributed by atoms with Crippen LogP contribution >= 0.6 is 11.6 Å². The van der Waals surface area contributed by atoms with E-state index in [0.717, 1.165) is 27.5 Å². The van der Waals surface area contributed by atoms with Gasteiger partial charge in [0.05, 0.1) is 0 Å². The van der Waals surface area contributed by atoms with E-state index in [0.29, 0.717) is 0 Å². The van der Waals surface area contributed by atoms with Crippen molar-refractivity contribution in [2.45, 2.75) is 0 Å². The second-order valence-corrected chi connectivity index (χ2v) is 3.70. The minimum absolute atomic E-state index is 0.898. The first kappa shape index (κ1) is 6.43. The molecule has 1 aromatic rings. The second-order valence-electron chi connectivity index (χ2n) is 1.52. The molecule has 40 valence electrons. The first-order valence-corrected chi connectivity index (χ1v) is 4.33. The first-order chi connectivity index (χ1) is 3.80. The summed E-state index contributed by atoms with van der Waals surface area (Å²) < 4.78 is 1.26. The number of halogens is 1. The van der Waals surface area contributed by atoms with E-state index < -0.39 is 0 Å². The fourth-order valence-electron chi connectivity index (χ4n) is 0.475. The van der Waals surface area contributed by atoms with Crippen LogP contribution in [0.2, 0.25) is 5.02 Å². The van der Waals surface area contributed by atoms with Crippen molar-refractivity contribution in [3.63, 3.8) is 0 Å². The Morgan fingerprint density at radius 1 is 1.25 bits per heavy atom.